The fraction of sp³-hybridized carbons (Fsp3) is 0.167. The van der Waals surface area contributed by atoms with Gasteiger partial charge in [0.2, 0.25) is 5.95 Å². The number of rotatable bonds is 3. The van der Waals surface area contributed by atoms with Crippen LogP contribution in [-0.4, -0.2) is 17.1 Å². The molecule has 0 amide bonds. The Kier molecular flexibility index (Phi) is 3.58. The van der Waals surface area contributed by atoms with Crippen molar-refractivity contribution in [1.29, 1.82) is 0 Å². The Labute approximate surface area is 108 Å². The first-order chi connectivity index (χ1) is 8.17. The number of hydrogen-bond donors (Lipinski definition) is 1. The number of ether oxygens (including phenoxy) is 1. The van der Waals surface area contributed by atoms with E-state index in [0.29, 0.717) is 5.95 Å². The van der Waals surface area contributed by atoms with Crippen LogP contribution in [0.2, 0.25) is 0 Å². The van der Waals surface area contributed by atoms with Crippen molar-refractivity contribution >= 4 is 27.6 Å². The van der Waals surface area contributed by atoms with Crippen LogP contribution in [0.4, 0.5) is 11.6 Å². The molecule has 17 heavy (non-hydrogen) atoms. The van der Waals surface area contributed by atoms with Crippen LogP contribution in [-0.2, 0) is 0 Å². The van der Waals surface area contributed by atoms with Crippen molar-refractivity contribution < 1.29 is 4.74 Å². The number of aromatic nitrogens is 2. The van der Waals surface area contributed by atoms with E-state index in [1.807, 2.05) is 37.3 Å². The van der Waals surface area contributed by atoms with Gasteiger partial charge in [-0.15, -0.1) is 0 Å². The third-order valence-corrected chi connectivity index (χ3v) is 2.58. The van der Waals surface area contributed by atoms with Crippen LogP contribution in [0, 0.1) is 6.92 Å². The Morgan fingerprint density at radius 2 is 1.88 bits per heavy atom. The maximum atomic E-state index is 5.09. The Morgan fingerprint density at radius 1 is 1.18 bits per heavy atom. The maximum absolute atomic E-state index is 5.09. The molecule has 0 saturated carbocycles. The number of hydrogen-bond acceptors (Lipinski definition) is 4. The molecule has 5 heteroatoms. The number of benzene rings is 1. The third kappa shape index (κ3) is 3.17. The number of methoxy groups -OCH3 is 1. The highest BCUT2D eigenvalue weighted by molar-refractivity contribution is 9.10. The molecule has 0 spiro atoms. The monoisotopic (exact) mass is 293 g/mol. The topological polar surface area (TPSA) is 47.0 Å². The first-order valence-electron chi connectivity index (χ1n) is 5.09. The van der Waals surface area contributed by atoms with Crippen LogP contribution in [0.5, 0.6) is 5.75 Å². The van der Waals surface area contributed by atoms with E-state index in [-0.39, 0.29) is 0 Å². The molecular formula is C12H12BrN3O. The fourth-order valence-electron chi connectivity index (χ4n) is 1.39. The van der Waals surface area contributed by atoms with Gasteiger partial charge in [0.25, 0.3) is 0 Å². The molecule has 88 valence electrons. The Morgan fingerprint density at radius 3 is 2.47 bits per heavy atom. The highest BCUT2D eigenvalue weighted by atomic mass is 79.9. The summed E-state index contributed by atoms with van der Waals surface area (Å²) in [6.45, 7) is 1.92. The quantitative estimate of drug-likeness (QED) is 0.882. The van der Waals surface area contributed by atoms with E-state index in [0.717, 1.165) is 21.7 Å². The van der Waals surface area contributed by atoms with Gasteiger partial charge < -0.3 is 10.1 Å². The van der Waals surface area contributed by atoms with E-state index in [1.165, 1.54) is 0 Å². The molecule has 2 rings (SSSR count). The van der Waals surface area contributed by atoms with E-state index in [9.17, 15) is 0 Å². The summed E-state index contributed by atoms with van der Waals surface area (Å²) in [4.78, 5) is 8.52. The minimum Gasteiger partial charge on any atom is -0.497 e. The minimum atomic E-state index is 0.571. The fourth-order valence-corrected chi connectivity index (χ4v) is 1.89. The predicted octanol–water partition coefficient (Wildman–Crippen LogP) is 3.30. The molecule has 0 atom stereocenters. The summed E-state index contributed by atoms with van der Waals surface area (Å²) in [6, 6.07) is 9.45. The number of aryl methyl sites for hydroxylation is 1. The van der Waals surface area contributed by atoms with Crippen LogP contribution >= 0.6 is 15.9 Å². The van der Waals surface area contributed by atoms with E-state index in [1.54, 1.807) is 7.11 Å². The zero-order chi connectivity index (χ0) is 12.3. The molecule has 0 aliphatic carbocycles. The molecule has 0 aliphatic rings. The van der Waals surface area contributed by atoms with Crippen molar-refractivity contribution in [2.75, 3.05) is 12.4 Å². The molecule has 0 saturated heterocycles. The lowest BCUT2D eigenvalue weighted by atomic mass is 10.3. The predicted molar refractivity (Wildman–Crippen MR) is 70.7 cm³/mol. The van der Waals surface area contributed by atoms with Crippen molar-refractivity contribution in [3.05, 3.63) is 40.6 Å². The molecule has 1 N–H and O–H groups in total. The average Bonchev–Trinajstić information content (AvgIpc) is 2.28. The Balaban J connectivity index is 2.19. The van der Waals surface area contributed by atoms with Gasteiger partial charge in [-0.2, -0.15) is 0 Å². The molecule has 1 aromatic carbocycles. The third-order valence-electron chi connectivity index (χ3n) is 2.17. The summed E-state index contributed by atoms with van der Waals surface area (Å²) in [5.41, 5.74) is 1.83. The normalized spacial score (nSPS) is 10.1. The summed E-state index contributed by atoms with van der Waals surface area (Å²) < 4.78 is 5.86. The lowest BCUT2D eigenvalue weighted by Crippen LogP contribution is -1.98. The molecule has 0 fully saturated rings. The largest absolute Gasteiger partial charge is 0.497 e. The van der Waals surface area contributed by atoms with Gasteiger partial charge >= 0.3 is 0 Å². The highest BCUT2D eigenvalue weighted by Gasteiger charge is 2.01. The number of anilines is 2. The molecule has 1 heterocycles. The molecule has 1 aromatic heterocycles. The SMILES string of the molecule is COc1ccc(Nc2nc(C)cc(Br)n2)cc1. The molecular weight excluding hydrogens is 282 g/mol. The van der Waals surface area contributed by atoms with E-state index in [4.69, 9.17) is 4.74 Å². The second-order valence-corrected chi connectivity index (χ2v) is 4.32. The van der Waals surface area contributed by atoms with Gasteiger partial charge in [0.05, 0.1) is 7.11 Å². The zero-order valence-electron chi connectivity index (χ0n) is 9.57. The summed E-state index contributed by atoms with van der Waals surface area (Å²) >= 11 is 3.34. The van der Waals surface area contributed by atoms with Crippen LogP contribution in [0.1, 0.15) is 5.69 Å². The first kappa shape index (κ1) is 11.9. The first-order valence-corrected chi connectivity index (χ1v) is 5.89. The summed E-state index contributed by atoms with van der Waals surface area (Å²) in [5, 5.41) is 3.13. The van der Waals surface area contributed by atoms with Gasteiger partial charge in [-0.05, 0) is 53.2 Å². The minimum absolute atomic E-state index is 0.571. The molecule has 2 aromatic rings. The highest BCUT2D eigenvalue weighted by Crippen LogP contribution is 2.19. The summed E-state index contributed by atoms with van der Waals surface area (Å²) in [5.74, 6) is 1.39. The standard InChI is InChI=1S/C12H12BrN3O/c1-8-7-11(13)16-12(14-8)15-9-3-5-10(17-2)6-4-9/h3-7H,1-2H3,(H,14,15,16). The van der Waals surface area contributed by atoms with E-state index < -0.39 is 0 Å². The van der Waals surface area contributed by atoms with Crippen LogP contribution in [0.25, 0.3) is 0 Å². The Bertz CT molecular complexity index is 493. The van der Waals surface area contributed by atoms with Crippen LogP contribution < -0.4 is 10.1 Å². The smallest absolute Gasteiger partial charge is 0.228 e. The van der Waals surface area contributed by atoms with Crippen molar-refractivity contribution in [2.24, 2.45) is 0 Å². The lowest BCUT2D eigenvalue weighted by Gasteiger charge is -2.06. The lowest BCUT2D eigenvalue weighted by molar-refractivity contribution is 0.415. The molecule has 0 radical (unpaired) electrons. The van der Waals surface area contributed by atoms with Gasteiger partial charge in [0.15, 0.2) is 0 Å². The summed E-state index contributed by atoms with van der Waals surface area (Å²) in [6.07, 6.45) is 0. The Hall–Kier alpha value is -1.62. The second-order valence-electron chi connectivity index (χ2n) is 3.51. The van der Waals surface area contributed by atoms with Gasteiger partial charge in [-0.3, -0.25) is 0 Å². The van der Waals surface area contributed by atoms with Gasteiger partial charge in [-0.25, -0.2) is 9.97 Å². The molecule has 0 unspecified atom stereocenters. The van der Waals surface area contributed by atoms with Crippen LogP contribution in [0.15, 0.2) is 34.9 Å². The van der Waals surface area contributed by atoms with Gasteiger partial charge in [0, 0.05) is 11.4 Å². The summed E-state index contributed by atoms with van der Waals surface area (Å²) in [7, 11) is 1.64. The zero-order valence-corrected chi connectivity index (χ0v) is 11.2. The second kappa shape index (κ2) is 5.14. The van der Waals surface area contributed by atoms with Crippen molar-refractivity contribution in [1.82, 2.24) is 9.97 Å². The molecule has 0 bridgehead atoms. The number of halogens is 1. The molecule has 0 aliphatic heterocycles. The van der Waals surface area contributed by atoms with Crippen molar-refractivity contribution in [3.8, 4) is 5.75 Å². The van der Waals surface area contributed by atoms with E-state index >= 15 is 0 Å². The number of nitrogens with zero attached hydrogens (tertiary/aromatic N) is 2. The average molecular weight is 294 g/mol. The van der Waals surface area contributed by atoms with Crippen molar-refractivity contribution in [2.45, 2.75) is 6.92 Å². The van der Waals surface area contributed by atoms with E-state index in [2.05, 4.69) is 31.2 Å². The van der Waals surface area contributed by atoms with Crippen LogP contribution in [0.3, 0.4) is 0 Å². The van der Waals surface area contributed by atoms with Gasteiger partial charge in [0.1, 0.15) is 10.4 Å². The number of nitrogens with one attached hydrogen (secondary N) is 1. The molecule has 4 nitrogen and oxygen atoms in total. The van der Waals surface area contributed by atoms with Crippen molar-refractivity contribution in [3.63, 3.8) is 0 Å². The van der Waals surface area contributed by atoms with Gasteiger partial charge in [-0.1, -0.05) is 0 Å². The maximum Gasteiger partial charge on any atom is 0.228 e.